The molecule has 0 saturated heterocycles. The lowest BCUT2D eigenvalue weighted by Gasteiger charge is -2.26. The second-order valence-electron chi connectivity index (χ2n) is 3.37. The molecule has 4 heteroatoms. The summed E-state index contributed by atoms with van der Waals surface area (Å²) < 4.78 is 16.0. The fourth-order valence-corrected chi connectivity index (χ4v) is 3.76. The Morgan fingerprint density at radius 2 is 1.46 bits per heavy atom. The molecule has 0 radical (unpaired) electrons. The Kier molecular flexibility index (Phi) is 7.55. The van der Waals surface area contributed by atoms with Crippen LogP contribution in [0.1, 0.15) is 6.92 Å². The van der Waals surface area contributed by atoms with Gasteiger partial charge in [0.25, 0.3) is 0 Å². The standard InChI is InChI=1S/C9H22O3Si/c1-5-12-13(4,8-6-10-2)9-7-11-3/h5-9H2,1-4H3. The molecule has 3 nitrogen and oxygen atoms in total. The quantitative estimate of drug-likeness (QED) is 0.568. The lowest BCUT2D eigenvalue weighted by Crippen LogP contribution is -2.36. The molecule has 0 aromatic rings. The monoisotopic (exact) mass is 206 g/mol. The van der Waals surface area contributed by atoms with Crippen molar-refractivity contribution in [3.63, 3.8) is 0 Å². The maximum atomic E-state index is 5.81. The zero-order valence-electron chi connectivity index (χ0n) is 9.26. The molecule has 0 spiro atoms. The molecule has 0 aliphatic heterocycles. The molecule has 0 atom stereocenters. The Bertz CT molecular complexity index is 111. The van der Waals surface area contributed by atoms with Crippen LogP contribution in [0.4, 0.5) is 0 Å². The first-order valence-corrected chi connectivity index (χ1v) is 7.62. The molecule has 0 amide bonds. The van der Waals surface area contributed by atoms with Crippen molar-refractivity contribution in [2.24, 2.45) is 0 Å². The van der Waals surface area contributed by atoms with Gasteiger partial charge in [0.15, 0.2) is 8.32 Å². The summed E-state index contributed by atoms with van der Waals surface area (Å²) in [6.45, 7) is 6.69. The van der Waals surface area contributed by atoms with Gasteiger partial charge < -0.3 is 13.9 Å². The normalized spacial score (nSPS) is 12.0. The zero-order chi connectivity index (χ0) is 10.2. The van der Waals surface area contributed by atoms with Crippen LogP contribution in [0.5, 0.6) is 0 Å². The number of rotatable bonds is 8. The summed E-state index contributed by atoms with van der Waals surface area (Å²) in [5.74, 6) is 0. The lowest BCUT2D eigenvalue weighted by atomic mass is 10.8. The van der Waals surface area contributed by atoms with E-state index in [2.05, 4.69) is 6.55 Å². The highest BCUT2D eigenvalue weighted by Gasteiger charge is 2.27. The van der Waals surface area contributed by atoms with E-state index in [0.717, 1.165) is 31.9 Å². The Balaban J connectivity index is 3.84. The first kappa shape index (κ1) is 13.1. The van der Waals surface area contributed by atoms with E-state index >= 15 is 0 Å². The topological polar surface area (TPSA) is 27.7 Å². The van der Waals surface area contributed by atoms with E-state index in [1.54, 1.807) is 14.2 Å². The highest BCUT2D eigenvalue weighted by molar-refractivity contribution is 6.72. The van der Waals surface area contributed by atoms with Crippen molar-refractivity contribution in [2.45, 2.75) is 25.6 Å². The number of ether oxygens (including phenoxy) is 2. The fraction of sp³-hybridized carbons (Fsp3) is 1.00. The van der Waals surface area contributed by atoms with Crippen LogP contribution >= 0.6 is 0 Å². The molecule has 0 aliphatic rings. The van der Waals surface area contributed by atoms with Crippen LogP contribution in [0.25, 0.3) is 0 Å². The van der Waals surface area contributed by atoms with Gasteiger partial charge in [0.1, 0.15) is 0 Å². The van der Waals surface area contributed by atoms with Gasteiger partial charge in [-0.3, -0.25) is 0 Å². The minimum Gasteiger partial charge on any atom is -0.417 e. The van der Waals surface area contributed by atoms with Crippen molar-refractivity contribution in [1.29, 1.82) is 0 Å². The van der Waals surface area contributed by atoms with Gasteiger partial charge in [-0.15, -0.1) is 0 Å². The minimum atomic E-state index is -1.54. The van der Waals surface area contributed by atoms with Crippen molar-refractivity contribution in [3.8, 4) is 0 Å². The van der Waals surface area contributed by atoms with E-state index in [1.165, 1.54) is 0 Å². The summed E-state index contributed by atoms with van der Waals surface area (Å²) in [4.78, 5) is 0. The summed E-state index contributed by atoms with van der Waals surface area (Å²) in [6.07, 6.45) is 0. The highest BCUT2D eigenvalue weighted by atomic mass is 28.4. The third-order valence-corrected chi connectivity index (χ3v) is 5.67. The first-order chi connectivity index (χ1) is 6.18. The molecule has 0 heterocycles. The molecule has 0 bridgehead atoms. The van der Waals surface area contributed by atoms with Gasteiger partial charge in [0.05, 0.1) is 0 Å². The van der Waals surface area contributed by atoms with Crippen LogP contribution in [0.2, 0.25) is 18.6 Å². The molecule has 0 saturated carbocycles. The molecule has 0 N–H and O–H groups in total. The van der Waals surface area contributed by atoms with Gasteiger partial charge in [-0.2, -0.15) is 0 Å². The summed E-state index contributed by atoms with van der Waals surface area (Å²) in [5.41, 5.74) is 0. The van der Waals surface area contributed by atoms with Gasteiger partial charge in [0.2, 0.25) is 0 Å². The maximum absolute atomic E-state index is 5.81. The predicted octanol–water partition coefficient (Wildman–Crippen LogP) is 1.89. The van der Waals surface area contributed by atoms with E-state index in [1.807, 2.05) is 6.92 Å². The number of methoxy groups -OCH3 is 2. The highest BCUT2D eigenvalue weighted by Crippen LogP contribution is 2.17. The third-order valence-electron chi connectivity index (χ3n) is 2.16. The van der Waals surface area contributed by atoms with Gasteiger partial charge in [-0.25, -0.2) is 0 Å². The van der Waals surface area contributed by atoms with E-state index in [9.17, 15) is 0 Å². The SMILES string of the molecule is CCO[Si](C)(CCOC)CCOC. The van der Waals surface area contributed by atoms with Gasteiger partial charge in [-0.05, 0) is 25.6 Å². The third kappa shape index (κ3) is 6.21. The molecule has 0 aromatic heterocycles. The molecular formula is C9H22O3Si. The lowest BCUT2D eigenvalue weighted by molar-refractivity contribution is 0.194. The first-order valence-electron chi connectivity index (χ1n) is 4.80. The maximum Gasteiger partial charge on any atom is 0.194 e. The molecule has 0 aromatic carbocycles. The second kappa shape index (κ2) is 7.50. The summed E-state index contributed by atoms with van der Waals surface area (Å²) in [6, 6.07) is 2.11. The van der Waals surface area contributed by atoms with E-state index < -0.39 is 8.32 Å². The number of hydrogen-bond donors (Lipinski definition) is 0. The van der Waals surface area contributed by atoms with Crippen molar-refractivity contribution in [3.05, 3.63) is 0 Å². The average Bonchev–Trinajstić information content (AvgIpc) is 2.12. The van der Waals surface area contributed by atoms with Crippen molar-refractivity contribution in [2.75, 3.05) is 34.0 Å². The van der Waals surface area contributed by atoms with Crippen LogP contribution in [0, 0.1) is 0 Å². The summed E-state index contributed by atoms with van der Waals surface area (Å²) in [7, 11) is 1.93. The Hall–Kier alpha value is 0.0969. The van der Waals surface area contributed by atoms with Crippen LogP contribution in [-0.2, 0) is 13.9 Å². The van der Waals surface area contributed by atoms with E-state index in [-0.39, 0.29) is 0 Å². The molecule has 13 heavy (non-hydrogen) atoms. The zero-order valence-corrected chi connectivity index (χ0v) is 10.3. The molecule has 0 fully saturated rings. The Morgan fingerprint density at radius 3 is 1.77 bits per heavy atom. The van der Waals surface area contributed by atoms with Crippen LogP contribution < -0.4 is 0 Å². The second-order valence-corrected chi connectivity index (χ2v) is 7.56. The molecule has 0 rings (SSSR count). The van der Waals surface area contributed by atoms with Crippen LogP contribution in [0.15, 0.2) is 0 Å². The number of hydrogen-bond acceptors (Lipinski definition) is 3. The van der Waals surface area contributed by atoms with E-state index in [0.29, 0.717) is 0 Å². The molecule has 0 unspecified atom stereocenters. The van der Waals surface area contributed by atoms with Gasteiger partial charge in [-0.1, -0.05) is 0 Å². The molecule has 0 aliphatic carbocycles. The largest absolute Gasteiger partial charge is 0.417 e. The smallest absolute Gasteiger partial charge is 0.194 e. The van der Waals surface area contributed by atoms with Gasteiger partial charge in [0, 0.05) is 34.0 Å². The van der Waals surface area contributed by atoms with Crippen LogP contribution in [0.3, 0.4) is 0 Å². The Labute approximate surface area is 82.5 Å². The average molecular weight is 206 g/mol. The summed E-state index contributed by atoms with van der Waals surface area (Å²) >= 11 is 0. The minimum absolute atomic E-state index is 0.798. The molecular weight excluding hydrogens is 184 g/mol. The summed E-state index contributed by atoms with van der Waals surface area (Å²) in [5, 5.41) is 0. The van der Waals surface area contributed by atoms with E-state index in [4.69, 9.17) is 13.9 Å². The van der Waals surface area contributed by atoms with Crippen molar-refractivity contribution < 1.29 is 13.9 Å². The van der Waals surface area contributed by atoms with Gasteiger partial charge >= 0.3 is 0 Å². The van der Waals surface area contributed by atoms with Crippen LogP contribution in [-0.4, -0.2) is 42.4 Å². The Morgan fingerprint density at radius 1 is 1.00 bits per heavy atom. The van der Waals surface area contributed by atoms with Crippen molar-refractivity contribution in [1.82, 2.24) is 0 Å². The predicted molar refractivity (Wildman–Crippen MR) is 56.6 cm³/mol. The van der Waals surface area contributed by atoms with Crippen molar-refractivity contribution >= 4 is 8.32 Å². The fourth-order valence-electron chi connectivity index (χ4n) is 1.25. The molecule has 80 valence electrons.